The molecule has 1 amide bonds. The number of carbonyl (C=O) groups excluding carboxylic acids is 1. The van der Waals surface area contributed by atoms with Gasteiger partial charge in [-0.25, -0.2) is 0 Å². The molecule has 0 heterocycles. The van der Waals surface area contributed by atoms with Crippen LogP contribution in [-0.4, -0.2) is 41.5 Å². The van der Waals surface area contributed by atoms with E-state index in [1.54, 1.807) is 0 Å². The average Bonchev–Trinajstić information content (AvgIpc) is 2.36. The Bertz CT molecular complexity index is 314. The van der Waals surface area contributed by atoms with Crippen molar-refractivity contribution in [3.05, 3.63) is 0 Å². The highest BCUT2D eigenvalue weighted by Crippen LogP contribution is 2.17. The third-order valence-corrected chi connectivity index (χ3v) is 3.84. The van der Waals surface area contributed by atoms with Gasteiger partial charge >= 0.3 is 0 Å². The van der Waals surface area contributed by atoms with E-state index in [-0.39, 0.29) is 5.91 Å². The number of nitrogens with two attached hydrogens (primary N) is 1. The van der Waals surface area contributed by atoms with Crippen molar-refractivity contribution in [3.8, 4) is 0 Å². The Hall–Kier alpha value is -0.680. The predicted octanol–water partition coefficient (Wildman–Crippen LogP) is 2.07. The van der Waals surface area contributed by atoms with E-state index in [9.17, 15) is 4.79 Å². The quantitative estimate of drug-likeness (QED) is 0.674. The molecule has 20 heavy (non-hydrogen) atoms. The SMILES string of the molecule is CC(C)CN(CCC(N)=S)CC(=O)NC1CCCCC1. The van der Waals surface area contributed by atoms with Crippen LogP contribution in [0, 0.1) is 5.92 Å². The van der Waals surface area contributed by atoms with Crippen LogP contribution < -0.4 is 11.1 Å². The van der Waals surface area contributed by atoms with Crippen molar-refractivity contribution in [2.75, 3.05) is 19.6 Å². The average molecular weight is 299 g/mol. The summed E-state index contributed by atoms with van der Waals surface area (Å²) in [4.78, 5) is 14.8. The lowest BCUT2D eigenvalue weighted by atomic mass is 9.95. The second kappa shape index (κ2) is 9.29. The third kappa shape index (κ3) is 7.80. The van der Waals surface area contributed by atoms with Gasteiger partial charge in [0.15, 0.2) is 0 Å². The third-order valence-electron chi connectivity index (χ3n) is 3.64. The smallest absolute Gasteiger partial charge is 0.234 e. The highest BCUT2D eigenvalue weighted by Gasteiger charge is 2.18. The van der Waals surface area contributed by atoms with Gasteiger partial charge in [-0.05, 0) is 18.8 Å². The van der Waals surface area contributed by atoms with E-state index in [1.807, 2.05) is 0 Å². The van der Waals surface area contributed by atoms with Gasteiger partial charge in [-0.3, -0.25) is 9.69 Å². The highest BCUT2D eigenvalue weighted by molar-refractivity contribution is 7.80. The molecule has 0 saturated heterocycles. The number of hydrogen-bond donors (Lipinski definition) is 2. The molecule has 0 radical (unpaired) electrons. The van der Waals surface area contributed by atoms with Gasteiger partial charge in [0.2, 0.25) is 5.91 Å². The van der Waals surface area contributed by atoms with E-state index in [0.29, 0.717) is 29.9 Å². The number of nitrogens with one attached hydrogen (secondary N) is 1. The van der Waals surface area contributed by atoms with Gasteiger partial charge in [0.25, 0.3) is 0 Å². The van der Waals surface area contributed by atoms with Crippen LogP contribution in [-0.2, 0) is 4.79 Å². The second-order valence-corrected chi connectivity index (χ2v) is 6.77. The Morgan fingerprint density at radius 2 is 2.00 bits per heavy atom. The Morgan fingerprint density at radius 3 is 2.55 bits per heavy atom. The van der Waals surface area contributed by atoms with Crippen molar-refractivity contribution >= 4 is 23.1 Å². The molecule has 1 saturated carbocycles. The van der Waals surface area contributed by atoms with Gasteiger partial charge in [-0.15, -0.1) is 0 Å². The lowest BCUT2D eigenvalue weighted by Gasteiger charge is -2.27. The number of nitrogens with zero attached hydrogens (tertiary/aromatic N) is 1. The minimum Gasteiger partial charge on any atom is -0.393 e. The maximum Gasteiger partial charge on any atom is 0.234 e. The van der Waals surface area contributed by atoms with Crippen molar-refractivity contribution in [2.45, 2.75) is 58.4 Å². The largest absolute Gasteiger partial charge is 0.393 e. The fourth-order valence-corrected chi connectivity index (χ4v) is 2.83. The van der Waals surface area contributed by atoms with Crippen LogP contribution in [0.25, 0.3) is 0 Å². The molecule has 1 aliphatic carbocycles. The van der Waals surface area contributed by atoms with E-state index in [1.165, 1.54) is 19.3 Å². The summed E-state index contributed by atoms with van der Waals surface area (Å²) in [6, 6.07) is 0.382. The monoisotopic (exact) mass is 299 g/mol. The first-order valence-electron chi connectivity index (χ1n) is 7.77. The van der Waals surface area contributed by atoms with Crippen molar-refractivity contribution in [1.29, 1.82) is 0 Å². The molecule has 0 aromatic rings. The number of thiocarbonyl (C=S) groups is 1. The zero-order valence-corrected chi connectivity index (χ0v) is 13.7. The molecule has 116 valence electrons. The molecule has 0 spiro atoms. The van der Waals surface area contributed by atoms with E-state index >= 15 is 0 Å². The molecule has 5 heteroatoms. The van der Waals surface area contributed by atoms with Crippen LogP contribution >= 0.6 is 12.2 Å². The molecule has 0 atom stereocenters. The Morgan fingerprint density at radius 1 is 1.35 bits per heavy atom. The van der Waals surface area contributed by atoms with Crippen LogP contribution in [0.3, 0.4) is 0 Å². The summed E-state index contributed by atoms with van der Waals surface area (Å²) < 4.78 is 0. The summed E-state index contributed by atoms with van der Waals surface area (Å²) in [5, 5.41) is 3.17. The van der Waals surface area contributed by atoms with Crippen LogP contribution in [0.1, 0.15) is 52.4 Å². The molecule has 0 bridgehead atoms. The van der Waals surface area contributed by atoms with E-state index < -0.39 is 0 Å². The highest BCUT2D eigenvalue weighted by atomic mass is 32.1. The topological polar surface area (TPSA) is 58.4 Å². The number of carbonyl (C=O) groups is 1. The molecule has 0 aromatic heterocycles. The minimum atomic E-state index is 0.139. The standard InChI is InChI=1S/C15H29N3OS/c1-12(2)10-18(9-8-14(16)20)11-15(19)17-13-6-4-3-5-7-13/h12-13H,3-11H2,1-2H3,(H2,16,20)(H,17,19). The number of hydrogen-bond acceptors (Lipinski definition) is 3. The summed E-state index contributed by atoms with van der Waals surface area (Å²) in [6.45, 7) is 6.45. The van der Waals surface area contributed by atoms with Gasteiger partial charge < -0.3 is 11.1 Å². The van der Waals surface area contributed by atoms with E-state index in [2.05, 4.69) is 24.1 Å². The van der Waals surface area contributed by atoms with Gasteiger partial charge in [0, 0.05) is 25.6 Å². The molecule has 0 aromatic carbocycles. The van der Waals surface area contributed by atoms with Gasteiger partial charge in [0.1, 0.15) is 0 Å². The Balaban J connectivity index is 2.37. The molecular weight excluding hydrogens is 270 g/mol. The van der Waals surface area contributed by atoms with Crippen LogP contribution in [0.5, 0.6) is 0 Å². The fourth-order valence-electron chi connectivity index (χ4n) is 2.74. The van der Waals surface area contributed by atoms with Crippen molar-refractivity contribution in [3.63, 3.8) is 0 Å². The fraction of sp³-hybridized carbons (Fsp3) is 0.867. The minimum absolute atomic E-state index is 0.139. The summed E-state index contributed by atoms with van der Waals surface area (Å²) >= 11 is 4.92. The lowest BCUT2D eigenvalue weighted by molar-refractivity contribution is -0.123. The van der Waals surface area contributed by atoms with Crippen LogP contribution in [0.15, 0.2) is 0 Å². The van der Waals surface area contributed by atoms with Crippen LogP contribution in [0.4, 0.5) is 0 Å². The van der Waals surface area contributed by atoms with Crippen molar-refractivity contribution in [1.82, 2.24) is 10.2 Å². The maximum absolute atomic E-state index is 12.1. The first-order valence-corrected chi connectivity index (χ1v) is 8.18. The second-order valence-electron chi connectivity index (χ2n) is 6.25. The number of amides is 1. The summed E-state index contributed by atoms with van der Waals surface area (Å²) in [5.41, 5.74) is 5.56. The van der Waals surface area contributed by atoms with Gasteiger partial charge in [0.05, 0.1) is 11.5 Å². The molecule has 3 N–H and O–H groups in total. The summed E-state index contributed by atoms with van der Waals surface area (Å²) in [7, 11) is 0. The molecule has 1 fully saturated rings. The molecule has 4 nitrogen and oxygen atoms in total. The summed E-state index contributed by atoms with van der Waals surface area (Å²) in [5.74, 6) is 0.671. The maximum atomic E-state index is 12.1. The first kappa shape index (κ1) is 17.4. The summed E-state index contributed by atoms with van der Waals surface area (Å²) in [6.07, 6.45) is 6.72. The number of rotatable bonds is 8. The van der Waals surface area contributed by atoms with Gasteiger partial charge in [-0.1, -0.05) is 45.3 Å². The normalized spacial score (nSPS) is 16.6. The van der Waals surface area contributed by atoms with Crippen LogP contribution in [0.2, 0.25) is 0 Å². The van der Waals surface area contributed by atoms with E-state index in [4.69, 9.17) is 18.0 Å². The zero-order valence-electron chi connectivity index (χ0n) is 12.9. The Labute approximate surface area is 128 Å². The van der Waals surface area contributed by atoms with Crippen molar-refractivity contribution < 1.29 is 4.79 Å². The van der Waals surface area contributed by atoms with Crippen molar-refractivity contribution in [2.24, 2.45) is 11.7 Å². The van der Waals surface area contributed by atoms with E-state index in [0.717, 1.165) is 25.9 Å². The molecule has 0 unspecified atom stereocenters. The molecule has 1 rings (SSSR count). The van der Waals surface area contributed by atoms with Gasteiger partial charge in [-0.2, -0.15) is 0 Å². The predicted molar refractivity (Wildman–Crippen MR) is 87.7 cm³/mol. The zero-order chi connectivity index (χ0) is 15.0. The molecule has 0 aliphatic heterocycles. The molecular formula is C15H29N3OS. The molecule has 1 aliphatic rings. The Kier molecular flexibility index (Phi) is 8.07. The first-order chi connectivity index (χ1) is 9.47. The lowest BCUT2D eigenvalue weighted by Crippen LogP contribution is -2.44.